The number of piperidine rings is 1. The molecule has 1 saturated heterocycles. The normalized spacial score (nSPS) is 20.6. The molecule has 0 unspecified atom stereocenters. The van der Waals surface area contributed by atoms with E-state index in [1.807, 2.05) is 11.0 Å². The third-order valence-electron chi connectivity index (χ3n) is 5.00. The molecule has 0 spiro atoms. The van der Waals surface area contributed by atoms with Crippen molar-refractivity contribution >= 4 is 17.5 Å². The highest BCUT2D eigenvalue weighted by Gasteiger charge is 2.38. The van der Waals surface area contributed by atoms with E-state index in [2.05, 4.69) is 4.90 Å². The maximum atomic E-state index is 15.4. The van der Waals surface area contributed by atoms with E-state index >= 15 is 4.39 Å². The van der Waals surface area contributed by atoms with Gasteiger partial charge >= 0.3 is 0 Å². The Kier molecular flexibility index (Phi) is 4.77. The molecular weight excluding hydrogens is 324 g/mol. The Balaban J connectivity index is 1.68. The SMILES string of the molecule is CC(C)(O)CN1CCC(F)(CN2CC=Cc3c2ccc(F)c3N)CC1. The van der Waals surface area contributed by atoms with Crippen LogP contribution in [0.25, 0.3) is 6.08 Å². The van der Waals surface area contributed by atoms with Gasteiger partial charge in [0.05, 0.1) is 17.8 Å². The van der Waals surface area contributed by atoms with Crippen molar-refractivity contribution < 1.29 is 13.9 Å². The molecule has 2 heterocycles. The minimum absolute atomic E-state index is 0.117. The topological polar surface area (TPSA) is 52.7 Å². The fourth-order valence-electron chi connectivity index (χ4n) is 3.75. The molecule has 0 bridgehead atoms. The largest absolute Gasteiger partial charge is 0.396 e. The van der Waals surface area contributed by atoms with Crippen molar-refractivity contribution in [3.63, 3.8) is 0 Å². The van der Waals surface area contributed by atoms with E-state index in [9.17, 15) is 9.50 Å². The number of β-amino-alcohol motifs (C(OH)–C–C–N with tert-alkyl or cyclic N) is 1. The first-order chi connectivity index (χ1) is 11.7. The quantitative estimate of drug-likeness (QED) is 0.819. The Morgan fingerprint density at radius 1 is 1.28 bits per heavy atom. The number of hydrogen-bond acceptors (Lipinski definition) is 4. The van der Waals surface area contributed by atoms with Crippen molar-refractivity contribution in [3.8, 4) is 0 Å². The lowest BCUT2D eigenvalue weighted by molar-refractivity contribution is 0.00129. The Hall–Kier alpha value is -1.66. The average molecular weight is 351 g/mol. The molecule has 25 heavy (non-hydrogen) atoms. The first-order valence-corrected chi connectivity index (χ1v) is 8.80. The molecule has 0 aromatic heterocycles. The molecule has 0 atom stereocenters. The number of benzene rings is 1. The summed E-state index contributed by atoms with van der Waals surface area (Å²) in [6.45, 7) is 6.21. The van der Waals surface area contributed by atoms with Crippen molar-refractivity contribution in [1.82, 2.24) is 4.90 Å². The lowest BCUT2D eigenvalue weighted by Crippen LogP contribution is -2.51. The van der Waals surface area contributed by atoms with Gasteiger partial charge in [-0.2, -0.15) is 0 Å². The molecule has 1 aromatic carbocycles. The summed E-state index contributed by atoms with van der Waals surface area (Å²) in [6.07, 6.45) is 4.55. The summed E-state index contributed by atoms with van der Waals surface area (Å²) < 4.78 is 29.0. The van der Waals surface area contributed by atoms with Gasteiger partial charge in [-0.3, -0.25) is 0 Å². The molecule has 0 aliphatic carbocycles. The summed E-state index contributed by atoms with van der Waals surface area (Å²) in [5.41, 5.74) is 5.31. The molecule has 2 aliphatic rings. The van der Waals surface area contributed by atoms with E-state index in [-0.39, 0.29) is 12.2 Å². The summed E-state index contributed by atoms with van der Waals surface area (Å²) in [5.74, 6) is -0.444. The Bertz CT molecular complexity index is 661. The van der Waals surface area contributed by atoms with Gasteiger partial charge in [0, 0.05) is 37.4 Å². The van der Waals surface area contributed by atoms with Crippen LogP contribution in [0.4, 0.5) is 20.2 Å². The van der Waals surface area contributed by atoms with Gasteiger partial charge in [0.25, 0.3) is 0 Å². The number of anilines is 2. The van der Waals surface area contributed by atoms with Crippen LogP contribution in [0, 0.1) is 5.82 Å². The van der Waals surface area contributed by atoms with Gasteiger partial charge in [0.2, 0.25) is 0 Å². The zero-order valence-electron chi connectivity index (χ0n) is 14.9. The van der Waals surface area contributed by atoms with E-state index in [1.165, 1.54) is 6.07 Å². The molecular formula is C19H27F2N3O. The van der Waals surface area contributed by atoms with Crippen molar-refractivity contribution in [1.29, 1.82) is 0 Å². The summed E-state index contributed by atoms with van der Waals surface area (Å²) in [6, 6.07) is 3.02. The molecule has 1 aromatic rings. The minimum atomic E-state index is -1.29. The van der Waals surface area contributed by atoms with E-state index in [4.69, 9.17) is 5.73 Å². The smallest absolute Gasteiger partial charge is 0.146 e. The van der Waals surface area contributed by atoms with Gasteiger partial charge in [-0.25, -0.2) is 8.78 Å². The lowest BCUT2D eigenvalue weighted by Gasteiger charge is -2.42. The number of halogens is 2. The third kappa shape index (κ3) is 4.12. The van der Waals surface area contributed by atoms with Crippen LogP contribution >= 0.6 is 0 Å². The van der Waals surface area contributed by atoms with Crippen LogP contribution in [0.3, 0.4) is 0 Å². The number of rotatable bonds is 4. The number of nitrogens with zero attached hydrogens (tertiary/aromatic N) is 2. The van der Waals surface area contributed by atoms with E-state index in [0.29, 0.717) is 44.6 Å². The van der Waals surface area contributed by atoms with Crippen molar-refractivity contribution in [3.05, 3.63) is 29.6 Å². The molecule has 0 radical (unpaired) electrons. The average Bonchev–Trinajstić information content (AvgIpc) is 2.53. The predicted octanol–water partition coefficient (Wildman–Crippen LogP) is 2.82. The summed E-state index contributed by atoms with van der Waals surface area (Å²) in [5, 5.41) is 9.92. The minimum Gasteiger partial charge on any atom is -0.396 e. The number of fused-ring (bicyclic) bond motifs is 1. The van der Waals surface area contributed by atoms with Gasteiger partial charge < -0.3 is 20.6 Å². The third-order valence-corrected chi connectivity index (χ3v) is 5.00. The first-order valence-electron chi connectivity index (χ1n) is 8.80. The van der Waals surface area contributed by atoms with Crippen LogP contribution in [-0.2, 0) is 0 Å². The molecule has 138 valence electrons. The second kappa shape index (κ2) is 6.57. The summed E-state index contributed by atoms with van der Waals surface area (Å²) in [7, 11) is 0. The van der Waals surface area contributed by atoms with Crippen molar-refractivity contribution in [2.45, 2.75) is 38.0 Å². The zero-order valence-corrected chi connectivity index (χ0v) is 14.9. The zero-order chi connectivity index (χ0) is 18.2. The second-order valence-corrected chi connectivity index (χ2v) is 7.92. The van der Waals surface area contributed by atoms with Gasteiger partial charge in [0.15, 0.2) is 0 Å². The number of likely N-dealkylation sites (tertiary alicyclic amines) is 1. The molecule has 0 saturated carbocycles. The van der Waals surface area contributed by atoms with Gasteiger partial charge in [0.1, 0.15) is 11.5 Å². The van der Waals surface area contributed by atoms with Crippen LogP contribution in [-0.4, -0.2) is 54.0 Å². The Labute approximate surface area is 147 Å². The standard InChI is InChI=1S/C19H27F2N3O/c1-18(2,25)12-23-10-7-19(21,8-11-23)13-24-9-3-4-14-16(24)6-5-15(20)17(14)22/h3-6,25H,7-13,22H2,1-2H3. The van der Waals surface area contributed by atoms with E-state index < -0.39 is 17.1 Å². The fraction of sp³-hybridized carbons (Fsp3) is 0.579. The first kappa shape index (κ1) is 18.1. The number of nitrogens with two attached hydrogens (primary N) is 1. The van der Waals surface area contributed by atoms with Crippen LogP contribution in [0.15, 0.2) is 18.2 Å². The number of hydrogen-bond donors (Lipinski definition) is 2. The van der Waals surface area contributed by atoms with Gasteiger partial charge in [-0.05, 0) is 38.8 Å². The molecule has 1 fully saturated rings. The number of nitrogen functional groups attached to an aromatic ring is 1. The Morgan fingerprint density at radius 2 is 1.96 bits per heavy atom. The van der Waals surface area contributed by atoms with Crippen LogP contribution in [0.1, 0.15) is 32.3 Å². The molecule has 0 amide bonds. The van der Waals surface area contributed by atoms with Gasteiger partial charge in [-0.1, -0.05) is 12.2 Å². The number of alkyl halides is 1. The number of aliphatic hydroxyl groups is 1. The summed E-state index contributed by atoms with van der Waals surface area (Å²) >= 11 is 0. The lowest BCUT2D eigenvalue weighted by atomic mass is 9.91. The van der Waals surface area contributed by atoms with Crippen LogP contribution < -0.4 is 10.6 Å². The van der Waals surface area contributed by atoms with Crippen molar-refractivity contribution in [2.75, 3.05) is 43.4 Å². The van der Waals surface area contributed by atoms with Crippen LogP contribution in [0.5, 0.6) is 0 Å². The van der Waals surface area contributed by atoms with Crippen molar-refractivity contribution in [2.24, 2.45) is 0 Å². The maximum absolute atomic E-state index is 15.4. The molecule has 4 nitrogen and oxygen atoms in total. The summed E-state index contributed by atoms with van der Waals surface area (Å²) in [4.78, 5) is 4.05. The molecule has 3 N–H and O–H groups in total. The highest BCUT2D eigenvalue weighted by atomic mass is 19.1. The van der Waals surface area contributed by atoms with E-state index in [0.717, 1.165) is 5.69 Å². The van der Waals surface area contributed by atoms with Gasteiger partial charge in [-0.15, -0.1) is 0 Å². The molecule has 3 rings (SSSR count). The fourth-order valence-corrected chi connectivity index (χ4v) is 3.75. The highest BCUT2D eigenvalue weighted by Crippen LogP contribution is 2.36. The predicted molar refractivity (Wildman–Crippen MR) is 97.9 cm³/mol. The molecule has 2 aliphatic heterocycles. The van der Waals surface area contributed by atoms with Crippen LogP contribution in [0.2, 0.25) is 0 Å². The monoisotopic (exact) mass is 351 g/mol. The molecule has 6 heteroatoms. The Morgan fingerprint density at radius 3 is 2.60 bits per heavy atom. The van der Waals surface area contributed by atoms with E-state index in [1.54, 1.807) is 26.0 Å². The second-order valence-electron chi connectivity index (χ2n) is 7.92. The maximum Gasteiger partial charge on any atom is 0.146 e. The highest BCUT2D eigenvalue weighted by molar-refractivity contribution is 5.80.